The lowest BCUT2D eigenvalue weighted by molar-refractivity contribution is 0.262. The van der Waals surface area contributed by atoms with Gasteiger partial charge in [0, 0.05) is 17.4 Å². The van der Waals surface area contributed by atoms with Crippen LogP contribution in [-0.4, -0.2) is 13.1 Å². The number of para-hydroxylation sites is 1. The van der Waals surface area contributed by atoms with Crippen LogP contribution in [0.5, 0.6) is 5.75 Å². The summed E-state index contributed by atoms with van der Waals surface area (Å²) in [6.07, 6.45) is 0.871. The van der Waals surface area contributed by atoms with Crippen LogP contribution in [0, 0.1) is 0 Å². The molecule has 0 aliphatic rings. The van der Waals surface area contributed by atoms with Crippen molar-refractivity contribution in [2.45, 2.75) is 13.3 Å². The zero-order valence-electron chi connectivity index (χ0n) is 11.6. The van der Waals surface area contributed by atoms with Gasteiger partial charge in [0.25, 0.3) is 0 Å². The van der Waals surface area contributed by atoms with Crippen LogP contribution in [0.3, 0.4) is 0 Å². The average molecular weight is 270 g/mol. The number of carbonyl (C=O) groups excluding carboxylic acids is 1. The first-order valence-corrected chi connectivity index (χ1v) is 6.53. The van der Waals surface area contributed by atoms with Crippen molar-refractivity contribution in [3.05, 3.63) is 54.1 Å². The van der Waals surface area contributed by atoms with Gasteiger partial charge < -0.3 is 15.4 Å². The van der Waals surface area contributed by atoms with Crippen LogP contribution >= 0.6 is 0 Å². The van der Waals surface area contributed by atoms with Gasteiger partial charge >= 0.3 is 6.03 Å². The van der Waals surface area contributed by atoms with Crippen molar-refractivity contribution in [1.29, 1.82) is 0 Å². The summed E-state index contributed by atoms with van der Waals surface area (Å²) in [6, 6.07) is 14.7. The van der Waals surface area contributed by atoms with Gasteiger partial charge in [-0.1, -0.05) is 31.2 Å². The predicted octanol–water partition coefficient (Wildman–Crippen LogP) is 3.90. The summed E-state index contributed by atoms with van der Waals surface area (Å²) in [5.41, 5.74) is 2.62. The molecule has 0 aliphatic carbocycles. The van der Waals surface area contributed by atoms with E-state index in [4.69, 9.17) is 4.74 Å². The molecule has 0 saturated carbocycles. The molecule has 0 bridgehead atoms. The van der Waals surface area contributed by atoms with Crippen LogP contribution in [0.15, 0.2) is 48.5 Å². The fourth-order valence-corrected chi connectivity index (χ4v) is 1.94. The van der Waals surface area contributed by atoms with Crippen LogP contribution in [-0.2, 0) is 6.42 Å². The highest BCUT2D eigenvalue weighted by atomic mass is 16.5. The van der Waals surface area contributed by atoms with Gasteiger partial charge in [-0.05, 0) is 30.2 Å². The number of hydrogen-bond acceptors (Lipinski definition) is 2. The molecule has 0 radical (unpaired) electrons. The largest absolute Gasteiger partial charge is 0.497 e. The number of urea groups is 1. The first-order valence-electron chi connectivity index (χ1n) is 6.53. The smallest absolute Gasteiger partial charge is 0.323 e. The normalized spacial score (nSPS) is 9.90. The Labute approximate surface area is 118 Å². The molecule has 0 atom stereocenters. The third-order valence-electron chi connectivity index (χ3n) is 2.97. The van der Waals surface area contributed by atoms with Gasteiger partial charge in [-0.2, -0.15) is 0 Å². The minimum Gasteiger partial charge on any atom is -0.497 e. The maximum absolute atomic E-state index is 12.0. The minimum atomic E-state index is -0.265. The maximum Gasteiger partial charge on any atom is 0.323 e. The van der Waals surface area contributed by atoms with Crippen LogP contribution in [0.2, 0.25) is 0 Å². The van der Waals surface area contributed by atoms with E-state index in [0.29, 0.717) is 11.4 Å². The van der Waals surface area contributed by atoms with E-state index in [9.17, 15) is 4.79 Å². The Kier molecular flexibility index (Phi) is 4.60. The maximum atomic E-state index is 12.0. The highest BCUT2D eigenvalue weighted by Crippen LogP contribution is 2.18. The van der Waals surface area contributed by atoms with Gasteiger partial charge in [0.1, 0.15) is 5.75 Å². The Balaban J connectivity index is 2.05. The minimum absolute atomic E-state index is 0.265. The fourth-order valence-electron chi connectivity index (χ4n) is 1.94. The molecule has 2 aromatic carbocycles. The van der Waals surface area contributed by atoms with E-state index in [1.165, 1.54) is 0 Å². The number of aryl methyl sites for hydroxylation is 1. The SMILES string of the molecule is CCc1ccccc1NC(=O)Nc1cccc(OC)c1. The molecule has 0 unspecified atom stereocenters. The fraction of sp³-hybridized carbons (Fsp3) is 0.188. The highest BCUT2D eigenvalue weighted by Gasteiger charge is 2.06. The second-order valence-corrected chi connectivity index (χ2v) is 4.32. The third-order valence-corrected chi connectivity index (χ3v) is 2.97. The Hall–Kier alpha value is -2.49. The number of anilines is 2. The molecule has 4 heteroatoms. The highest BCUT2D eigenvalue weighted by molar-refractivity contribution is 6.00. The Morgan fingerprint density at radius 3 is 2.65 bits per heavy atom. The molecule has 4 nitrogen and oxygen atoms in total. The number of benzene rings is 2. The molecule has 0 heterocycles. The first kappa shape index (κ1) is 13.9. The lowest BCUT2D eigenvalue weighted by Gasteiger charge is -2.11. The number of hydrogen-bond donors (Lipinski definition) is 2. The van der Waals surface area contributed by atoms with E-state index in [0.717, 1.165) is 17.7 Å². The molecule has 0 saturated heterocycles. The van der Waals surface area contributed by atoms with E-state index >= 15 is 0 Å². The summed E-state index contributed by atoms with van der Waals surface area (Å²) in [5, 5.41) is 5.64. The zero-order chi connectivity index (χ0) is 14.4. The zero-order valence-corrected chi connectivity index (χ0v) is 11.6. The topological polar surface area (TPSA) is 50.4 Å². The molecule has 2 amide bonds. The van der Waals surface area contributed by atoms with Crippen molar-refractivity contribution in [2.75, 3.05) is 17.7 Å². The van der Waals surface area contributed by atoms with Crippen LogP contribution in [0.25, 0.3) is 0 Å². The summed E-state index contributed by atoms with van der Waals surface area (Å²) >= 11 is 0. The molecule has 2 rings (SSSR count). The Morgan fingerprint density at radius 1 is 1.10 bits per heavy atom. The lowest BCUT2D eigenvalue weighted by Crippen LogP contribution is -2.20. The molecule has 2 N–H and O–H groups in total. The van der Waals surface area contributed by atoms with Crippen LogP contribution < -0.4 is 15.4 Å². The molecule has 0 aliphatic heterocycles. The predicted molar refractivity (Wildman–Crippen MR) is 81.5 cm³/mol. The van der Waals surface area contributed by atoms with E-state index < -0.39 is 0 Å². The summed E-state index contributed by atoms with van der Waals surface area (Å²) in [4.78, 5) is 12.0. The molecule has 2 aromatic rings. The first-order chi connectivity index (χ1) is 9.72. The van der Waals surface area contributed by atoms with Crippen molar-refractivity contribution >= 4 is 17.4 Å². The summed E-state index contributed by atoms with van der Waals surface area (Å²) < 4.78 is 5.12. The van der Waals surface area contributed by atoms with Gasteiger partial charge in [-0.15, -0.1) is 0 Å². The van der Waals surface area contributed by atoms with Gasteiger partial charge in [-0.25, -0.2) is 4.79 Å². The number of nitrogens with one attached hydrogen (secondary N) is 2. The van der Waals surface area contributed by atoms with E-state index in [2.05, 4.69) is 17.6 Å². The summed E-state index contributed by atoms with van der Waals surface area (Å²) in [5.74, 6) is 0.705. The molecule has 20 heavy (non-hydrogen) atoms. The molecular formula is C16H18N2O2. The van der Waals surface area contributed by atoms with E-state index in [1.807, 2.05) is 42.5 Å². The van der Waals surface area contributed by atoms with Crippen LogP contribution in [0.1, 0.15) is 12.5 Å². The summed E-state index contributed by atoms with van der Waals surface area (Å²) in [6.45, 7) is 2.06. The van der Waals surface area contributed by atoms with Crippen molar-refractivity contribution in [3.63, 3.8) is 0 Å². The van der Waals surface area contributed by atoms with E-state index in [-0.39, 0.29) is 6.03 Å². The van der Waals surface area contributed by atoms with Gasteiger partial charge in [0.05, 0.1) is 7.11 Å². The lowest BCUT2D eigenvalue weighted by atomic mass is 10.1. The van der Waals surface area contributed by atoms with Gasteiger partial charge in [0.15, 0.2) is 0 Å². The van der Waals surface area contributed by atoms with E-state index in [1.54, 1.807) is 13.2 Å². The number of ether oxygens (including phenoxy) is 1. The number of rotatable bonds is 4. The van der Waals surface area contributed by atoms with Crippen molar-refractivity contribution in [3.8, 4) is 5.75 Å². The second kappa shape index (κ2) is 6.61. The molecule has 0 aromatic heterocycles. The molecule has 0 fully saturated rings. The Morgan fingerprint density at radius 2 is 1.90 bits per heavy atom. The van der Waals surface area contributed by atoms with Crippen molar-refractivity contribution in [1.82, 2.24) is 0 Å². The quantitative estimate of drug-likeness (QED) is 0.885. The number of carbonyl (C=O) groups is 1. The second-order valence-electron chi connectivity index (χ2n) is 4.32. The third kappa shape index (κ3) is 3.51. The number of amides is 2. The van der Waals surface area contributed by atoms with Gasteiger partial charge in [-0.3, -0.25) is 0 Å². The number of methoxy groups -OCH3 is 1. The Bertz CT molecular complexity index is 597. The summed E-state index contributed by atoms with van der Waals surface area (Å²) in [7, 11) is 1.59. The van der Waals surface area contributed by atoms with Crippen molar-refractivity contribution < 1.29 is 9.53 Å². The standard InChI is InChI=1S/C16H18N2O2/c1-3-12-7-4-5-10-15(12)18-16(19)17-13-8-6-9-14(11-13)20-2/h4-11H,3H2,1-2H3,(H2,17,18,19). The average Bonchev–Trinajstić information content (AvgIpc) is 2.48. The molecule has 104 valence electrons. The van der Waals surface area contributed by atoms with Crippen molar-refractivity contribution in [2.24, 2.45) is 0 Å². The van der Waals surface area contributed by atoms with Crippen LogP contribution in [0.4, 0.5) is 16.2 Å². The monoisotopic (exact) mass is 270 g/mol. The molecule has 0 spiro atoms. The molecular weight excluding hydrogens is 252 g/mol. The van der Waals surface area contributed by atoms with Gasteiger partial charge in [0.2, 0.25) is 0 Å².